The van der Waals surface area contributed by atoms with Gasteiger partial charge in [0, 0.05) is 12.6 Å². The zero-order valence-electron chi connectivity index (χ0n) is 16.5. The Labute approximate surface area is 171 Å². The number of ether oxygens (including phenoxy) is 2. The van der Waals surface area contributed by atoms with Crippen LogP contribution in [0.1, 0.15) is 18.4 Å². The molecule has 1 saturated heterocycles. The molecule has 0 radical (unpaired) electrons. The summed E-state index contributed by atoms with van der Waals surface area (Å²) in [5.41, 5.74) is 1.10. The zero-order chi connectivity index (χ0) is 21.2. The summed E-state index contributed by atoms with van der Waals surface area (Å²) in [5, 5.41) is 0. The molecule has 0 aliphatic carbocycles. The Morgan fingerprint density at radius 2 is 1.79 bits per heavy atom. The Kier molecular flexibility index (Phi) is 5.95. The molecule has 29 heavy (non-hydrogen) atoms. The van der Waals surface area contributed by atoms with Gasteiger partial charge >= 0.3 is 0 Å². The van der Waals surface area contributed by atoms with Crippen molar-refractivity contribution in [2.45, 2.75) is 24.7 Å². The molecule has 10 heteroatoms. The molecule has 158 valence electrons. The van der Waals surface area contributed by atoms with E-state index in [1.54, 1.807) is 37.3 Å². The topological polar surface area (TPSA) is 102 Å². The van der Waals surface area contributed by atoms with Crippen molar-refractivity contribution in [3.8, 4) is 11.5 Å². The van der Waals surface area contributed by atoms with Gasteiger partial charge in [-0.1, -0.05) is 6.07 Å². The standard InChI is InChI=1S/C19H24N2O6S2/c1-14-6-7-15(21-10-4-5-11-28(21,22)23)12-19(14)29(24,25)20-17-9-8-16(26-2)13-18(17)27-3/h6-9,12-13,20H,4-5,10-11H2,1-3H3. The maximum absolute atomic E-state index is 13.1. The minimum atomic E-state index is -3.99. The van der Waals surface area contributed by atoms with E-state index >= 15 is 0 Å². The van der Waals surface area contributed by atoms with Gasteiger partial charge < -0.3 is 9.47 Å². The van der Waals surface area contributed by atoms with Gasteiger partial charge in [0.2, 0.25) is 10.0 Å². The Bertz CT molecular complexity index is 1110. The molecule has 0 bridgehead atoms. The number of benzene rings is 2. The molecule has 2 aromatic carbocycles. The van der Waals surface area contributed by atoms with Gasteiger partial charge in [0.15, 0.2) is 0 Å². The van der Waals surface area contributed by atoms with Crippen LogP contribution in [0.15, 0.2) is 41.3 Å². The van der Waals surface area contributed by atoms with Gasteiger partial charge in [-0.05, 0) is 49.6 Å². The fourth-order valence-corrected chi connectivity index (χ4v) is 6.16. The SMILES string of the molecule is COc1ccc(NS(=O)(=O)c2cc(N3CCCCS3(=O)=O)ccc2C)c(OC)c1. The third-order valence-electron chi connectivity index (χ3n) is 4.75. The van der Waals surface area contributed by atoms with Crippen molar-refractivity contribution in [2.24, 2.45) is 0 Å². The lowest BCUT2D eigenvalue weighted by atomic mass is 10.2. The van der Waals surface area contributed by atoms with E-state index in [1.165, 1.54) is 24.6 Å². The summed E-state index contributed by atoms with van der Waals surface area (Å²) in [5.74, 6) is 0.892. The van der Waals surface area contributed by atoms with Crippen LogP contribution in [0.3, 0.4) is 0 Å². The Balaban J connectivity index is 1.99. The number of nitrogens with one attached hydrogen (secondary N) is 1. The van der Waals surface area contributed by atoms with Crippen molar-refractivity contribution in [1.82, 2.24) is 0 Å². The lowest BCUT2D eigenvalue weighted by molar-refractivity contribution is 0.395. The summed E-state index contributed by atoms with van der Waals surface area (Å²) in [6, 6.07) is 9.37. The molecular formula is C19H24N2O6S2. The van der Waals surface area contributed by atoms with Gasteiger partial charge in [0.25, 0.3) is 10.0 Å². The van der Waals surface area contributed by atoms with Crippen molar-refractivity contribution in [2.75, 3.05) is 35.5 Å². The van der Waals surface area contributed by atoms with E-state index in [2.05, 4.69) is 4.72 Å². The quantitative estimate of drug-likeness (QED) is 0.741. The van der Waals surface area contributed by atoms with E-state index in [4.69, 9.17) is 9.47 Å². The Morgan fingerprint density at radius 1 is 1.03 bits per heavy atom. The van der Waals surface area contributed by atoms with E-state index in [-0.39, 0.29) is 16.3 Å². The molecule has 1 aliphatic rings. The first-order valence-corrected chi connectivity index (χ1v) is 12.1. The van der Waals surface area contributed by atoms with E-state index in [1.807, 2.05) is 0 Å². The van der Waals surface area contributed by atoms with Gasteiger partial charge in [-0.25, -0.2) is 16.8 Å². The molecule has 2 aromatic rings. The van der Waals surface area contributed by atoms with Crippen LogP contribution in [0, 0.1) is 6.92 Å². The number of aryl methyl sites for hydroxylation is 1. The van der Waals surface area contributed by atoms with Gasteiger partial charge in [-0.15, -0.1) is 0 Å². The molecule has 0 unspecified atom stereocenters. The highest BCUT2D eigenvalue weighted by Crippen LogP contribution is 2.33. The number of methoxy groups -OCH3 is 2. The minimum Gasteiger partial charge on any atom is -0.497 e. The summed E-state index contributed by atoms with van der Waals surface area (Å²) < 4.78 is 65.1. The molecule has 1 aliphatic heterocycles. The molecule has 3 rings (SSSR count). The van der Waals surface area contributed by atoms with Crippen molar-refractivity contribution in [3.63, 3.8) is 0 Å². The normalized spacial score (nSPS) is 16.3. The van der Waals surface area contributed by atoms with Gasteiger partial charge in [-0.2, -0.15) is 0 Å². The van der Waals surface area contributed by atoms with Crippen LogP contribution in [0.2, 0.25) is 0 Å². The maximum atomic E-state index is 13.1. The second-order valence-corrected chi connectivity index (χ2v) is 10.4. The van der Waals surface area contributed by atoms with E-state index in [0.717, 1.165) is 6.42 Å². The van der Waals surface area contributed by atoms with Crippen molar-refractivity contribution < 1.29 is 26.3 Å². The largest absolute Gasteiger partial charge is 0.497 e. The third-order valence-corrected chi connectivity index (χ3v) is 8.13. The highest BCUT2D eigenvalue weighted by atomic mass is 32.2. The molecule has 0 aromatic heterocycles. The fraction of sp³-hybridized carbons (Fsp3) is 0.368. The van der Waals surface area contributed by atoms with Crippen LogP contribution in [0.4, 0.5) is 11.4 Å². The average molecular weight is 441 g/mol. The summed E-state index contributed by atoms with van der Waals surface area (Å²) in [7, 11) is -4.50. The maximum Gasteiger partial charge on any atom is 0.262 e. The summed E-state index contributed by atoms with van der Waals surface area (Å²) in [6.45, 7) is 2.00. The van der Waals surface area contributed by atoms with Crippen LogP contribution in [-0.4, -0.2) is 43.4 Å². The molecule has 0 atom stereocenters. The predicted octanol–water partition coefficient (Wildman–Crippen LogP) is 2.74. The molecule has 0 amide bonds. The molecule has 1 heterocycles. The van der Waals surface area contributed by atoms with Crippen LogP contribution in [0.5, 0.6) is 11.5 Å². The van der Waals surface area contributed by atoms with Crippen LogP contribution in [-0.2, 0) is 20.0 Å². The molecule has 1 fully saturated rings. The molecule has 1 N–H and O–H groups in total. The highest BCUT2D eigenvalue weighted by Gasteiger charge is 2.28. The van der Waals surface area contributed by atoms with E-state index in [9.17, 15) is 16.8 Å². The van der Waals surface area contributed by atoms with Gasteiger partial charge in [-0.3, -0.25) is 9.03 Å². The average Bonchev–Trinajstić information content (AvgIpc) is 2.68. The lowest BCUT2D eigenvalue weighted by Gasteiger charge is -2.28. The first-order valence-electron chi connectivity index (χ1n) is 9.04. The number of anilines is 2. The molecule has 8 nitrogen and oxygen atoms in total. The number of nitrogens with zero attached hydrogens (tertiary/aromatic N) is 1. The molecule has 0 spiro atoms. The summed E-state index contributed by atoms with van der Waals surface area (Å²) in [4.78, 5) is 0.00800. The number of hydrogen-bond acceptors (Lipinski definition) is 6. The fourth-order valence-electron chi connectivity index (χ4n) is 3.19. The number of rotatable bonds is 6. The van der Waals surface area contributed by atoms with Crippen LogP contribution >= 0.6 is 0 Å². The van der Waals surface area contributed by atoms with E-state index in [0.29, 0.717) is 35.7 Å². The van der Waals surface area contributed by atoms with E-state index < -0.39 is 20.0 Å². The first-order chi connectivity index (χ1) is 13.7. The third kappa shape index (κ3) is 4.43. The first kappa shape index (κ1) is 21.3. The summed E-state index contributed by atoms with van der Waals surface area (Å²) in [6.07, 6.45) is 1.34. The monoisotopic (exact) mass is 440 g/mol. The second-order valence-electron chi connectivity index (χ2n) is 6.72. The second kappa shape index (κ2) is 8.11. The number of sulfonamides is 2. The van der Waals surface area contributed by atoms with Gasteiger partial charge in [0.05, 0.1) is 36.2 Å². The minimum absolute atomic E-state index is 0.00800. The predicted molar refractivity (Wildman–Crippen MR) is 112 cm³/mol. The molecule has 0 saturated carbocycles. The summed E-state index contributed by atoms with van der Waals surface area (Å²) >= 11 is 0. The van der Waals surface area contributed by atoms with Crippen LogP contribution < -0.4 is 18.5 Å². The molecular weight excluding hydrogens is 416 g/mol. The number of hydrogen-bond donors (Lipinski definition) is 1. The van der Waals surface area contributed by atoms with Crippen LogP contribution in [0.25, 0.3) is 0 Å². The van der Waals surface area contributed by atoms with Gasteiger partial charge in [0.1, 0.15) is 11.5 Å². The highest BCUT2D eigenvalue weighted by molar-refractivity contribution is 7.93. The van der Waals surface area contributed by atoms with Crippen molar-refractivity contribution in [1.29, 1.82) is 0 Å². The smallest absolute Gasteiger partial charge is 0.262 e. The zero-order valence-corrected chi connectivity index (χ0v) is 18.1. The Morgan fingerprint density at radius 3 is 2.45 bits per heavy atom. The van der Waals surface area contributed by atoms with Crippen molar-refractivity contribution >= 4 is 31.4 Å². The van der Waals surface area contributed by atoms with Crippen molar-refractivity contribution in [3.05, 3.63) is 42.0 Å². The Hall–Kier alpha value is -2.46. The lowest BCUT2D eigenvalue weighted by Crippen LogP contribution is -2.38.